The first-order valence-electron chi connectivity index (χ1n) is 8.32. The highest BCUT2D eigenvalue weighted by molar-refractivity contribution is 5.88. The van der Waals surface area contributed by atoms with Gasteiger partial charge in [0.15, 0.2) is 0 Å². The molecular weight excluding hydrogens is 326 g/mol. The van der Waals surface area contributed by atoms with Gasteiger partial charge in [-0.1, -0.05) is 30.9 Å². The molecule has 6 nitrogen and oxygen atoms in total. The predicted molar refractivity (Wildman–Crippen MR) is 99.5 cm³/mol. The fourth-order valence-electron chi connectivity index (χ4n) is 3.42. The number of nitrogens with one attached hydrogen (secondary N) is 1. The number of nitrogens with zero attached hydrogens (tertiary/aromatic N) is 3. The minimum atomic E-state index is 0.217. The standard InChI is InChI=1S/C20H17N5O/c1-2-9-26-17-6-4-3-5-12(17)18-13-7-8-16-15(11-23-25-16)19(13)24-20(22)14(18)10-21/h2-6,11H,1,7-9H2,(H2,22,24)(H,23,25). The summed E-state index contributed by atoms with van der Waals surface area (Å²) >= 11 is 0. The Morgan fingerprint density at radius 2 is 2.15 bits per heavy atom. The number of aromatic amines is 1. The number of nitrogens with two attached hydrogens (primary N) is 1. The zero-order valence-electron chi connectivity index (χ0n) is 14.1. The van der Waals surface area contributed by atoms with Gasteiger partial charge < -0.3 is 10.5 Å². The number of pyridine rings is 1. The van der Waals surface area contributed by atoms with Gasteiger partial charge in [-0.3, -0.25) is 5.10 Å². The number of para-hydroxylation sites is 1. The Morgan fingerprint density at radius 3 is 2.96 bits per heavy atom. The SMILES string of the molecule is C=CCOc1ccccc1-c1c(C#N)c(N)nc2c1CCc1[nH]ncc1-2. The molecule has 3 aromatic rings. The zero-order valence-corrected chi connectivity index (χ0v) is 14.1. The molecular formula is C20H17N5O. The van der Waals surface area contributed by atoms with E-state index in [-0.39, 0.29) is 5.82 Å². The number of nitrogen functional groups attached to an aromatic ring is 1. The van der Waals surface area contributed by atoms with Gasteiger partial charge in [0, 0.05) is 22.4 Å². The number of nitriles is 1. The van der Waals surface area contributed by atoms with Gasteiger partial charge in [-0.2, -0.15) is 10.4 Å². The van der Waals surface area contributed by atoms with Crippen LogP contribution in [-0.4, -0.2) is 21.8 Å². The average molecular weight is 343 g/mol. The molecule has 0 atom stereocenters. The second-order valence-corrected chi connectivity index (χ2v) is 6.04. The van der Waals surface area contributed by atoms with Crippen LogP contribution in [0.1, 0.15) is 16.8 Å². The van der Waals surface area contributed by atoms with Gasteiger partial charge in [0.05, 0.1) is 11.9 Å². The minimum Gasteiger partial charge on any atom is -0.489 e. The summed E-state index contributed by atoms with van der Waals surface area (Å²) in [6.45, 7) is 4.08. The number of fused-ring (bicyclic) bond motifs is 3. The molecule has 1 aliphatic carbocycles. The normalized spacial score (nSPS) is 12.0. The van der Waals surface area contributed by atoms with Gasteiger partial charge in [-0.15, -0.1) is 0 Å². The molecule has 128 valence electrons. The molecule has 0 bridgehead atoms. The molecule has 0 aliphatic heterocycles. The van der Waals surface area contributed by atoms with Crippen LogP contribution in [0.25, 0.3) is 22.4 Å². The molecule has 0 amide bonds. The van der Waals surface area contributed by atoms with Gasteiger partial charge in [0.2, 0.25) is 0 Å². The molecule has 0 saturated heterocycles. The number of benzene rings is 1. The van der Waals surface area contributed by atoms with E-state index < -0.39 is 0 Å². The highest BCUT2D eigenvalue weighted by Gasteiger charge is 2.27. The van der Waals surface area contributed by atoms with Crippen molar-refractivity contribution in [3.63, 3.8) is 0 Å². The molecule has 0 saturated carbocycles. The Balaban J connectivity index is 2.01. The fraction of sp³-hybridized carbons (Fsp3) is 0.150. The van der Waals surface area contributed by atoms with E-state index in [0.29, 0.717) is 17.9 Å². The summed E-state index contributed by atoms with van der Waals surface area (Å²) in [5, 5.41) is 16.9. The second-order valence-electron chi connectivity index (χ2n) is 6.04. The zero-order chi connectivity index (χ0) is 18.1. The summed E-state index contributed by atoms with van der Waals surface area (Å²) < 4.78 is 5.82. The third-order valence-electron chi connectivity index (χ3n) is 4.55. The van der Waals surface area contributed by atoms with E-state index in [9.17, 15) is 5.26 Å². The van der Waals surface area contributed by atoms with Gasteiger partial charge >= 0.3 is 0 Å². The largest absolute Gasteiger partial charge is 0.489 e. The Morgan fingerprint density at radius 1 is 1.31 bits per heavy atom. The number of aromatic nitrogens is 3. The average Bonchev–Trinajstić information content (AvgIpc) is 3.15. The molecule has 3 N–H and O–H groups in total. The number of anilines is 1. The third kappa shape index (κ3) is 2.42. The van der Waals surface area contributed by atoms with Crippen LogP contribution in [0.3, 0.4) is 0 Å². The summed E-state index contributed by atoms with van der Waals surface area (Å²) in [7, 11) is 0. The molecule has 0 unspecified atom stereocenters. The molecule has 4 rings (SSSR count). The Hall–Kier alpha value is -3.59. The summed E-state index contributed by atoms with van der Waals surface area (Å²) in [4.78, 5) is 4.51. The number of hydrogen-bond acceptors (Lipinski definition) is 5. The molecule has 1 aliphatic rings. The Kier molecular flexibility index (Phi) is 3.90. The second kappa shape index (κ2) is 6.37. The van der Waals surface area contributed by atoms with Crippen molar-refractivity contribution in [3.05, 3.63) is 59.9 Å². The highest BCUT2D eigenvalue weighted by atomic mass is 16.5. The van der Waals surface area contributed by atoms with Gasteiger partial charge in [-0.25, -0.2) is 4.98 Å². The highest BCUT2D eigenvalue weighted by Crippen LogP contribution is 2.43. The van der Waals surface area contributed by atoms with Crippen molar-refractivity contribution < 1.29 is 4.74 Å². The lowest BCUT2D eigenvalue weighted by Crippen LogP contribution is -2.11. The minimum absolute atomic E-state index is 0.217. The van der Waals surface area contributed by atoms with Gasteiger partial charge in [-0.05, 0) is 24.5 Å². The number of H-pyrrole nitrogens is 1. The maximum absolute atomic E-state index is 9.74. The van der Waals surface area contributed by atoms with Crippen LogP contribution in [0.2, 0.25) is 0 Å². The first kappa shape index (κ1) is 15.9. The maximum Gasteiger partial charge on any atom is 0.142 e. The third-order valence-corrected chi connectivity index (χ3v) is 4.55. The van der Waals surface area contributed by atoms with E-state index in [1.165, 1.54) is 0 Å². The molecule has 26 heavy (non-hydrogen) atoms. The van der Waals surface area contributed by atoms with Crippen molar-refractivity contribution in [1.29, 1.82) is 5.26 Å². The quantitative estimate of drug-likeness (QED) is 0.708. The van der Waals surface area contributed by atoms with E-state index in [0.717, 1.165) is 46.5 Å². The summed E-state index contributed by atoms with van der Waals surface area (Å²) in [5.74, 6) is 0.906. The molecule has 2 aromatic heterocycles. The topological polar surface area (TPSA) is 101 Å². The number of rotatable bonds is 4. The van der Waals surface area contributed by atoms with Crippen LogP contribution in [0.15, 0.2) is 43.1 Å². The van der Waals surface area contributed by atoms with Crippen LogP contribution in [-0.2, 0) is 12.8 Å². The van der Waals surface area contributed by atoms with Crippen LogP contribution >= 0.6 is 0 Å². The van der Waals surface area contributed by atoms with Crippen LogP contribution in [0.4, 0.5) is 5.82 Å². The number of ether oxygens (including phenoxy) is 1. The summed E-state index contributed by atoms with van der Waals surface area (Å²) in [6.07, 6.45) is 5.00. The van der Waals surface area contributed by atoms with E-state index in [1.54, 1.807) is 12.3 Å². The van der Waals surface area contributed by atoms with Gasteiger partial charge in [0.25, 0.3) is 0 Å². The van der Waals surface area contributed by atoms with Crippen molar-refractivity contribution in [2.24, 2.45) is 0 Å². The smallest absolute Gasteiger partial charge is 0.142 e. The van der Waals surface area contributed by atoms with E-state index in [1.807, 2.05) is 24.3 Å². The molecule has 0 radical (unpaired) electrons. The van der Waals surface area contributed by atoms with Crippen molar-refractivity contribution in [1.82, 2.24) is 15.2 Å². The Bertz CT molecular complexity index is 1040. The van der Waals surface area contributed by atoms with Crippen LogP contribution in [0.5, 0.6) is 5.75 Å². The fourth-order valence-corrected chi connectivity index (χ4v) is 3.42. The molecule has 6 heteroatoms. The Labute approximate surface area is 151 Å². The van der Waals surface area contributed by atoms with E-state index in [4.69, 9.17) is 10.5 Å². The predicted octanol–water partition coefficient (Wildman–Crippen LogP) is 3.26. The lowest BCUT2D eigenvalue weighted by Gasteiger charge is -2.22. The molecule has 1 aromatic carbocycles. The molecule has 0 spiro atoms. The van der Waals surface area contributed by atoms with Crippen molar-refractivity contribution in [2.45, 2.75) is 12.8 Å². The molecule has 0 fully saturated rings. The number of hydrogen-bond donors (Lipinski definition) is 2. The van der Waals surface area contributed by atoms with E-state index in [2.05, 4.69) is 27.8 Å². The summed E-state index contributed by atoms with van der Waals surface area (Å²) in [5.41, 5.74) is 11.9. The number of aryl methyl sites for hydroxylation is 1. The lowest BCUT2D eigenvalue weighted by atomic mass is 9.85. The summed E-state index contributed by atoms with van der Waals surface area (Å²) in [6, 6.07) is 9.88. The van der Waals surface area contributed by atoms with Crippen LogP contribution in [0, 0.1) is 11.3 Å². The van der Waals surface area contributed by atoms with Crippen molar-refractivity contribution in [2.75, 3.05) is 12.3 Å². The first-order chi connectivity index (χ1) is 12.7. The first-order valence-corrected chi connectivity index (χ1v) is 8.32. The monoisotopic (exact) mass is 343 g/mol. The van der Waals surface area contributed by atoms with E-state index >= 15 is 0 Å². The van der Waals surface area contributed by atoms with Crippen molar-refractivity contribution >= 4 is 5.82 Å². The maximum atomic E-state index is 9.74. The van der Waals surface area contributed by atoms with Crippen LogP contribution < -0.4 is 10.5 Å². The lowest BCUT2D eigenvalue weighted by molar-refractivity contribution is 0.364. The molecule has 2 heterocycles. The van der Waals surface area contributed by atoms with Gasteiger partial charge in [0.1, 0.15) is 29.8 Å². The van der Waals surface area contributed by atoms with Crippen molar-refractivity contribution in [3.8, 4) is 34.2 Å².